The Morgan fingerprint density at radius 2 is 2.00 bits per heavy atom. The number of sulfonamides is 1. The Kier molecular flexibility index (Phi) is 1.44. The van der Waals surface area contributed by atoms with Crippen LogP contribution < -0.4 is 4.72 Å². The molecule has 0 spiro atoms. The predicted octanol–water partition coefficient (Wildman–Crippen LogP) is 0.752. The van der Waals surface area contributed by atoms with Gasteiger partial charge in [-0.15, -0.1) is 0 Å². The molecule has 3 nitrogen and oxygen atoms in total. The monoisotopic (exact) mass is 180 g/mol. The van der Waals surface area contributed by atoms with Crippen molar-refractivity contribution in [1.82, 2.24) is 4.72 Å². The predicted molar refractivity (Wildman–Crippen MR) is 44.5 cm³/mol. The fraction of sp³-hybridized carbons (Fsp3) is 0. The van der Waals surface area contributed by atoms with E-state index in [4.69, 9.17) is 0 Å². The van der Waals surface area contributed by atoms with E-state index in [1.165, 1.54) is 0 Å². The summed E-state index contributed by atoms with van der Waals surface area (Å²) in [5.41, 5.74) is 0.677. The van der Waals surface area contributed by atoms with Crippen LogP contribution in [0.25, 0.3) is 6.08 Å². The van der Waals surface area contributed by atoms with Crippen LogP contribution in [0.15, 0.2) is 29.2 Å². The van der Waals surface area contributed by atoms with Gasteiger partial charge >= 0.3 is 0 Å². The summed E-state index contributed by atoms with van der Waals surface area (Å²) in [4.78, 5) is 0.309. The zero-order valence-corrected chi connectivity index (χ0v) is 6.93. The highest BCUT2D eigenvalue weighted by Crippen LogP contribution is 2.19. The second-order valence-electron chi connectivity index (χ2n) is 2.43. The van der Waals surface area contributed by atoms with Gasteiger partial charge in [-0.3, -0.25) is 4.72 Å². The van der Waals surface area contributed by atoms with Crippen LogP contribution in [0, 0.1) is 6.20 Å². The highest BCUT2D eigenvalue weighted by atomic mass is 32.2. The molecule has 2 rings (SSSR count). The number of hydrogen-bond acceptors (Lipinski definition) is 2. The topological polar surface area (TPSA) is 46.2 Å². The Balaban J connectivity index is 2.77. The van der Waals surface area contributed by atoms with Crippen LogP contribution >= 0.6 is 0 Å². The number of fused-ring (bicyclic) bond motifs is 1. The van der Waals surface area contributed by atoms with Crippen LogP contribution in [0.2, 0.25) is 0 Å². The minimum atomic E-state index is -3.33. The molecule has 1 radical (unpaired) electrons. The summed E-state index contributed by atoms with van der Waals surface area (Å²) in [6, 6.07) is 6.78. The molecule has 1 N–H and O–H groups in total. The smallest absolute Gasteiger partial charge is 0.262 e. The van der Waals surface area contributed by atoms with Crippen LogP contribution in [-0.4, -0.2) is 8.42 Å². The van der Waals surface area contributed by atoms with Gasteiger partial charge in [-0.05, 0) is 17.7 Å². The summed E-state index contributed by atoms with van der Waals surface area (Å²) in [5, 5.41) is 0. The van der Waals surface area contributed by atoms with Gasteiger partial charge in [0.05, 0.1) is 11.1 Å². The second-order valence-corrected chi connectivity index (χ2v) is 4.08. The molecule has 0 unspecified atom stereocenters. The van der Waals surface area contributed by atoms with E-state index in [2.05, 4.69) is 10.9 Å². The summed E-state index contributed by atoms with van der Waals surface area (Å²) in [6.45, 7) is 0. The Morgan fingerprint density at radius 3 is 2.75 bits per heavy atom. The average Bonchev–Trinajstić information content (AvgIpc) is 2.04. The van der Waals surface area contributed by atoms with Crippen molar-refractivity contribution in [2.75, 3.05) is 0 Å². The molecule has 0 saturated carbocycles. The van der Waals surface area contributed by atoms with Crippen molar-refractivity contribution in [3.05, 3.63) is 36.0 Å². The van der Waals surface area contributed by atoms with Crippen molar-refractivity contribution in [3.8, 4) is 0 Å². The second kappa shape index (κ2) is 2.35. The van der Waals surface area contributed by atoms with Crippen LogP contribution in [0.4, 0.5) is 0 Å². The highest BCUT2D eigenvalue weighted by Gasteiger charge is 2.18. The van der Waals surface area contributed by atoms with Gasteiger partial charge in [-0.1, -0.05) is 18.2 Å². The zero-order valence-electron chi connectivity index (χ0n) is 6.11. The quantitative estimate of drug-likeness (QED) is 0.640. The summed E-state index contributed by atoms with van der Waals surface area (Å²) in [5.74, 6) is 0. The standard InChI is InChI=1S/C8H6NO2S/c10-12(11)8-4-2-1-3-7(8)5-6-9-12/h1-5,9H. The lowest BCUT2D eigenvalue weighted by Crippen LogP contribution is -2.21. The molecule has 0 saturated heterocycles. The third kappa shape index (κ3) is 1.00. The van der Waals surface area contributed by atoms with Gasteiger partial charge in [0.15, 0.2) is 0 Å². The molecule has 61 valence electrons. The van der Waals surface area contributed by atoms with Gasteiger partial charge in [0, 0.05) is 0 Å². The minimum Gasteiger partial charge on any atom is -0.277 e. The maximum atomic E-state index is 11.3. The van der Waals surface area contributed by atoms with E-state index < -0.39 is 10.0 Å². The average molecular weight is 180 g/mol. The zero-order chi connectivity index (χ0) is 8.60. The molecule has 1 heterocycles. The van der Waals surface area contributed by atoms with Crippen molar-refractivity contribution in [3.63, 3.8) is 0 Å². The molecule has 1 aromatic rings. The SMILES string of the molecule is O=S1(=O)N[C]=Cc2ccccc21. The van der Waals surface area contributed by atoms with Crippen molar-refractivity contribution < 1.29 is 8.42 Å². The van der Waals surface area contributed by atoms with E-state index in [0.29, 0.717) is 10.5 Å². The van der Waals surface area contributed by atoms with Crippen molar-refractivity contribution in [1.29, 1.82) is 0 Å². The molecule has 12 heavy (non-hydrogen) atoms. The van der Waals surface area contributed by atoms with Gasteiger partial charge < -0.3 is 0 Å². The largest absolute Gasteiger partial charge is 0.277 e. The minimum absolute atomic E-state index is 0.309. The molecule has 0 aliphatic carbocycles. The Morgan fingerprint density at radius 1 is 1.25 bits per heavy atom. The van der Waals surface area contributed by atoms with Gasteiger partial charge in [0.25, 0.3) is 10.0 Å². The molecule has 0 fully saturated rings. The lowest BCUT2D eigenvalue weighted by molar-refractivity contribution is 0.588. The summed E-state index contributed by atoms with van der Waals surface area (Å²) in [7, 11) is -3.33. The molecule has 0 amide bonds. The normalized spacial score (nSPS) is 18.0. The van der Waals surface area contributed by atoms with Crippen LogP contribution in [0.1, 0.15) is 5.56 Å². The Labute approximate surface area is 70.8 Å². The lowest BCUT2D eigenvalue weighted by atomic mass is 10.2. The van der Waals surface area contributed by atoms with Crippen LogP contribution in [0.5, 0.6) is 0 Å². The van der Waals surface area contributed by atoms with Crippen LogP contribution in [0.3, 0.4) is 0 Å². The van der Waals surface area contributed by atoms with E-state index in [-0.39, 0.29) is 0 Å². The maximum Gasteiger partial charge on any atom is 0.262 e. The first kappa shape index (κ1) is 7.36. The number of hydrogen-bond donors (Lipinski definition) is 1. The van der Waals surface area contributed by atoms with Crippen molar-refractivity contribution in [2.24, 2.45) is 0 Å². The van der Waals surface area contributed by atoms with Crippen LogP contribution in [-0.2, 0) is 10.0 Å². The van der Waals surface area contributed by atoms with Crippen molar-refractivity contribution >= 4 is 16.1 Å². The number of benzene rings is 1. The molecule has 1 aliphatic heterocycles. The molecule has 1 aromatic carbocycles. The van der Waals surface area contributed by atoms with Gasteiger partial charge in [0.2, 0.25) is 0 Å². The third-order valence-corrected chi connectivity index (χ3v) is 2.97. The molecule has 0 atom stereocenters. The fourth-order valence-electron chi connectivity index (χ4n) is 1.08. The molecular formula is C8H6NO2S. The fourth-order valence-corrected chi connectivity index (χ4v) is 2.10. The van der Waals surface area contributed by atoms with E-state index >= 15 is 0 Å². The number of rotatable bonds is 0. The first-order valence-electron chi connectivity index (χ1n) is 3.40. The van der Waals surface area contributed by atoms with E-state index in [9.17, 15) is 8.42 Å². The summed E-state index contributed by atoms with van der Waals surface area (Å²) in [6.07, 6.45) is 4.08. The molecule has 0 bridgehead atoms. The molecule has 4 heteroatoms. The van der Waals surface area contributed by atoms with Gasteiger partial charge in [-0.2, -0.15) is 0 Å². The third-order valence-electron chi connectivity index (χ3n) is 1.63. The molecule has 0 aromatic heterocycles. The Hall–Kier alpha value is -1.29. The Bertz CT molecular complexity index is 434. The summed E-state index contributed by atoms with van der Waals surface area (Å²) >= 11 is 0. The highest BCUT2D eigenvalue weighted by molar-refractivity contribution is 7.89. The van der Waals surface area contributed by atoms with Gasteiger partial charge in [0.1, 0.15) is 0 Å². The van der Waals surface area contributed by atoms with E-state index in [0.717, 1.165) is 0 Å². The van der Waals surface area contributed by atoms with E-state index in [1.807, 2.05) is 0 Å². The maximum absolute atomic E-state index is 11.3. The number of nitrogens with one attached hydrogen (secondary N) is 1. The van der Waals surface area contributed by atoms with Gasteiger partial charge in [-0.25, -0.2) is 8.42 Å². The van der Waals surface area contributed by atoms with E-state index in [1.54, 1.807) is 30.3 Å². The van der Waals surface area contributed by atoms with Crippen molar-refractivity contribution in [2.45, 2.75) is 4.90 Å². The summed E-state index contributed by atoms with van der Waals surface area (Å²) < 4.78 is 24.7. The first-order chi connectivity index (χ1) is 5.70. The molecular weight excluding hydrogens is 174 g/mol. The molecule has 1 aliphatic rings. The first-order valence-corrected chi connectivity index (χ1v) is 4.88. The lowest BCUT2D eigenvalue weighted by Gasteiger charge is -2.10.